The number of thiophene rings is 1. The van der Waals surface area contributed by atoms with Gasteiger partial charge in [-0.05, 0) is 24.3 Å². The average Bonchev–Trinajstić information content (AvgIpc) is 2.89. The standard InChI is InChI=1S/C14H20N4S/c1-3-6-13-17-12(15)9-14(18-13)16-10(4-2)11-7-5-8-19-11/h5,7-10H,3-4,6H2,1-2H3,(H3,15,16,17,18). The highest BCUT2D eigenvalue weighted by Gasteiger charge is 2.11. The van der Waals surface area contributed by atoms with Crippen molar-refractivity contribution < 1.29 is 0 Å². The van der Waals surface area contributed by atoms with Crippen LogP contribution in [-0.4, -0.2) is 9.97 Å². The highest BCUT2D eigenvalue weighted by molar-refractivity contribution is 7.10. The van der Waals surface area contributed by atoms with E-state index in [1.807, 2.05) is 0 Å². The van der Waals surface area contributed by atoms with Gasteiger partial charge in [0.1, 0.15) is 17.5 Å². The SMILES string of the molecule is CCCc1nc(N)cc(NC(CC)c2cccs2)n1. The first-order valence-corrected chi connectivity index (χ1v) is 7.54. The number of aryl methyl sites for hydroxylation is 1. The summed E-state index contributed by atoms with van der Waals surface area (Å²) in [6, 6.07) is 6.30. The number of nitrogen functional groups attached to an aromatic ring is 1. The number of aromatic nitrogens is 2. The Bertz CT molecular complexity index is 510. The van der Waals surface area contributed by atoms with Crippen molar-refractivity contribution in [2.45, 2.75) is 39.2 Å². The minimum absolute atomic E-state index is 0.281. The quantitative estimate of drug-likeness (QED) is 0.845. The van der Waals surface area contributed by atoms with E-state index in [2.05, 4.69) is 46.6 Å². The molecule has 102 valence electrons. The lowest BCUT2D eigenvalue weighted by Crippen LogP contribution is -2.11. The lowest BCUT2D eigenvalue weighted by atomic mass is 10.2. The molecule has 0 amide bonds. The van der Waals surface area contributed by atoms with Crippen LogP contribution in [0.25, 0.3) is 0 Å². The first kappa shape index (κ1) is 13.8. The predicted molar refractivity (Wildman–Crippen MR) is 81.4 cm³/mol. The number of nitrogens with two attached hydrogens (primary N) is 1. The zero-order chi connectivity index (χ0) is 13.7. The smallest absolute Gasteiger partial charge is 0.133 e. The van der Waals surface area contributed by atoms with Gasteiger partial charge in [-0.1, -0.05) is 19.9 Å². The minimum Gasteiger partial charge on any atom is -0.384 e. The van der Waals surface area contributed by atoms with Crippen LogP contribution in [0.5, 0.6) is 0 Å². The van der Waals surface area contributed by atoms with E-state index in [-0.39, 0.29) is 6.04 Å². The third-order valence-electron chi connectivity index (χ3n) is 2.88. The van der Waals surface area contributed by atoms with E-state index < -0.39 is 0 Å². The molecule has 2 aromatic rings. The third-order valence-corrected chi connectivity index (χ3v) is 3.87. The van der Waals surface area contributed by atoms with Gasteiger partial charge >= 0.3 is 0 Å². The predicted octanol–water partition coefficient (Wildman–Crippen LogP) is 3.64. The zero-order valence-electron chi connectivity index (χ0n) is 11.4. The molecule has 0 spiro atoms. The molecule has 0 aliphatic carbocycles. The van der Waals surface area contributed by atoms with Gasteiger partial charge in [-0.2, -0.15) is 0 Å². The first-order valence-electron chi connectivity index (χ1n) is 6.66. The van der Waals surface area contributed by atoms with E-state index in [0.29, 0.717) is 5.82 Å². The second-order valence-electron chi connectivity index (χ2n) is 4.46. The van der Waals surface area contributed by atoms with Gasteiger partial charge in [-0.25, -0.2) is 9.97 Å². The molecule has 5 heteroatoms. The van der Waals surface area contributed by atoms with Crippen molar-refractivity contribution >= 4 is 23.0 Å². The molecule has 1 atom stereocenters. The van der Waals surface area contributed by atoms with Crippen LogP contribution in [-0.2, 0) is 6.42 Å². The monoisotopic (exact) mass is 276 g/mol. The molecule has 3 N–H and O–H groups in total. The summed E-state index contributed by atoms with van der Waals surface area (Å²) in [6.07, 6.45) is 2.88. The summed E-state index contributed by atoms with van der Waals surface area (Å²) in [7, 11) is 0. The largest absolute Gasteiger partial charge is 0.384 e. The van der Waals surface area contributed by atoms with Gasteiger partial charge in [0.15, 0.2) is 0 Å². The summed E-state index contributed by atoms with van der Waals surface area (Å²) < 4.78 is 0. The first-order chi connectivity index (χ1) is 9.22. The molecule has 0 aliphatic heterocycles. The fourth-order valence-electron chi connectivity index (χ4n) is 1.97. The van der Waals surface area contributed by atoms with Gasteiger partial charge in [0, 0.05) is 17.4 Å². The molecule has 0 fully saturated rings. The maximum Gasteiger partial charge on any atom is 0.133 e. The summed E-state index contributed by atoms with van der Waals surface area (Å²) >= 11 is 1.76. The van der Waals surface area contributed by atoms with Crippen LogP contribution < -0.4 is 11.1 Å². The fraction of sp³-hybridized carbons (Fsp3) is 0.429. The number of nitrogens with one attached hydrogen (secondary N) is 1. The van der Waals surface area contributed by atoms with E-state index in [9.17, 15) is 0 Å². The van der Waals surface area contributed by atoms with Crippen molar-refractivity contribution in [1.82, 2.24) is 9.97 Å². The lowest BCUT2D eigenvalue weighted by Gasteiger charge is -2.16. The third kappa shape index (κ3) is 3.67. The Morgan fingerprint density at radius 1 is 1.37 bits per heavy atom. The van der Waals surface area contributed by atoms with Crippen LogP contribution in [0.15, 0.2) is 23.6 Å². The second-order valence-corrected chi connectivity index (χ2v) is 5.44. The Kier molecular flexibility index (Phi) is 4.74. The Morgan fingerprint density at radius 2 is 2.21 bits per heavy atom. The number of anilines is 2. The summed E-state index contributed by atoms with van der Waals surface area (Å²) in [4.78, 5) is 10.1. The van der Waals surface area contributed by atoms with Crippen LogP contribution in [0.3, 0.4) is 0 Å². The molecule has 4 nitrogen and oxygen atoms in total. The molecule has 0 aromatic carbocycles. The van der Waals surface area contributed by atoms with Gasteiger partial charge in [0.05, 0.1) is 6.04 Å². The molecule has 2 aromatic heterocycles. The van der Waals surface area contributed by atoms with Gasteiger partial charge in [0.2, 0.25) is 0 Å². The highest BCUT2D eigenvalue weighted by Crippen LogP contribution is 2.25. The summed E-state index contributed by atoms with van der Waals surface area (Å²) in [5.74, 6) is 2.16. The van der Waals surface area contributed by atoms with E-state index in [4.69, 9.17) is 5.73 Å². The molecule has 0 aliphatic rings. The molecule has 2 heterocycles. The van der Waals surface area contributed by atoms with Crippen LogP contribution in [0, 0.1) is 0 Å². The van der Waals surface area contributed by atoms with Gasteiger partial charge < -0.3 is 11.1 Å². The molecule has 1 unspecified atom stereocenters. The van der Waals surface area contributed by atoms with E-state index >= 15 is 0 Å². The Labute approximate surface area is 118 Å². The highest BCUT2D eigenvalue weighted by atomic mass is 32.1. The van der Waals surface area contributed by atoms with Crippen LogP contribution >= 0.6 is 11.3 Å². The van der Waals surface area contributed by atoms with Crippen molar-refractivity contribution in [1.29, 1.82) is 0 Å². The lowest BCUT2D eigenvalue weighted by molar-refractivity contribution is 0.752. The van der Waals surface area contributed by atoms with Gasteiger partial charge in [0.25, 0.3) is 0 Å². The Morgan fingerprint density at radius 3 is 2.84 bits per heavy atom. The van der Waals surface area contributed by atoms with Crippen molar-refractivity contribution in [3.8, 4) is 0 Å². The van der Waals surface area contributed by atoms with E-state index in [1.165, 1.54) is 4.88 Å². The van der Waals surface area contributed by atoms with E-state index in [1.54, 1.807) is 17.4 Å². The molecule has 0 saturated heterocycles. The minimum atomic E-state index is 0.281. The summed E-state index contributed by atoms with van der Waals surface area (Å²) in [5, 5.41) is 5.54. The number of hydrogen-bond donors (Lipinski definition) is 2. The number of nitrogens with zero attached hydrogens (tertiary/aromatic N) is 2. The molecule has 0 bridgehead atoms. The molecule has 0 saturated carbocycles. The molecule has 2 rings (SSSR count). The maximum atomic E-state index is 5.84. The van der Waals surface area contributed by atoms with Crippen molar-refractivity contribution in [3.05, 3.63) is 34.3 Å². The number of hydrogen-bond acceptors (Lipinski definition) is 5. The molecular formula is C14H20N4S. The van der Waals surface area contributed by atoms with Crippen LogP contribution in [0.4, 0.5) is 11.6 Å². The summed E-state index contributed by atoms with van der Waals surface area (Å²) in [6.45, 7) is 4.27. The molecule has 19 heavy (non-hydrogen) atoms. The van der Waals surface area contributed by atoms with Crippen LogP contribution in [0.1, 0.15) is 43.4 Å². The average molecular weight is 276 g/mol. The van der Waals surface area contributed by atoms with Crippen molar-refractivity contribution in [3.63, 3.8) is 0 Å². The van der Waals surface area contributed by atoms with E-state index in [0.717, 1.165) is 30.9 Å². The fourth-order valence-corrected chi connectivity index (χ4v) is 2.83. The second kappa shape index (κ2) is 6.52. The Balaban J connectivity index is 2.17. The molecular weight excluding hydrogens is 256 g/mol. The maximum absolute atomic E-state index is 5.84. The Hall–Kier alpha value is -1.62. The van der Waals surface area contributed by atoms with Gasteiger partial charge in [-0.3, -0.25) is 0 Å². The van der Waals surface area contributed by atoms with Gasteiger partial charge in [-0.15, -0.1) is 11.3 Å². The summed E-state index contributed by atoms with van der Waals surface area (Å²) in [5.41, 5.74) is 5.84. The van der Waals surface area contributed by atoms with Crippen molar-refractivity contribution in [2.24, 2.45) is 0 Å². The topological polar surface area (TPSA) is 63.8 Å². The normalized spacial score (nSPS) is 12.3. The molecule has 0 radical (unpaired) electrons. The van der Waals surface area contributed by atoms with Crippen molar-refractivity contribution in [2.75, 3.05) is 11.1 Å². The zero-order valence-corrected chi connectivity index (χ0v) is 12.2. The van der Waals surface area contributed by atoms with Crippen LogP contribution in [0.2, 0.25) is 0 Å². The number of rotatable bonds is 6.